The van der Waals surface area contributed by atoms with E-state index in [1.165, 1.54) is 32.1 Å². The minimum atomic E-state index is -1.57. The van der Waals surface area contributed by atoms with Crippen molar-refractivity contribution in [3.63, 3.8) is 0 Å². The number of unbranched alkanes of at least 4 members (excludes halogenated alkanes) is 3. The third-order valence-corrected chi connectivity index (χ3v) is 5.42. The van der Waals surface area contributed by atoms with E-state index in [0.717, 1.165) is 4.43 Å². The molecule has 1 nitrogen and oxygen atoms in total. The Bertz CT molecular complexity index is 171. The topological polar surface area (TPSA) is 9.23 Å². The molecule has 0 radical (unpaired) electrons. The summed E-state index contributed by atoms with van der Waals surface area (Å²) in [5.41, 5.74) is 2.03. The lowest BCUT2D eigenvalue weighted by Crippen LogP contribution is -2.34. The number of hydrogen-bond acceptors (Lipinski definition) is 1. The van der Waals surface area contributed by atoms with Crippen LogP contribution in [0, 0.1) is 0 Å². The largest absolute Gasteiger partial charge is 0.410 e. The molecule has 15 heavy (non-hydrogen) atoms. The van der Waals surface area contributed by atoms with E-state index >= 15 is 0 Å². The van der Waals surface area contributed by atoms with Gasteiger partial charge in [0.15, 0.2) is 0 Å². The number of halogens is 1. The van der Waals surface area contributed by atoms with Crippen molar-refractivity contribution in [1.82, 2.24) is 0 Å². The summed E-state index contributed by atoms with van der Waals surface area (Å²) < 4.78 is 7.24. The fraction of sp³-hybridized carbons (Fsp3) is 0.833. The highest BCUT2D eigenvalue weighted by Gasteiger charge is 2.22. The van der Waals surface area contributed by atoms with Gasteiger partial charge in [-0.25, -0.2) is 0 Å². The average molecular weight is 340 g/mol. The Balaban J connectivity index is 3.77. The second-order valence-electron chi connectivity index (χ2n) is 4.55. The first-order valence-electron chi connectivity index (χ1n) is 5.93. The molecule has 0 saturated carbocycles. The molecular weight excluding hydrogens is 315 g/mol. The van der Waals surface area contributed by atoms with E-state index in [9.17, 15) is 0 Å². The van der Waals surface area contributed by atoms with E-state index in [0.29, 0.717) is 6.10 Å². The maximum absolute atomic E-state index is 6.13. The molecule has 0 fully saturated rings. The van der Waals surface area contributed by atoms with Crippen LogP contribution < -0.4 is 0 Å². The van der Waals surface area contributed by atoms with Crippen molar-refractivity contribution >= 4 is 30.9 Å². The molecule has 0 bridgehead atoms. The summed E-state index contributed by atoms with van der Waals surface area (Å²) in [4.78, 5) is 0. The average Bonchev–Trinajstić information content (AvgIpc) is 2.22. The second-order valence-corrected chi connectivity index (χ2v) is 9.28. The van der Waals surface area contributed by atoms with Gasteiger partial charge >= 0.3 is 0 Å². The van der Waals surface area contributed by atoms with Crippen LogP contribution in [0.25, 0.3) is 0 Å². The molecule has 0 aromatic rings. The molecule has 0 aliphatic rings. The zero-order valence-corrected chi connectivity index (χ0v) is 13.5. The molecule has 0 heterocycles. The lowest BCUT2D eigenvalue weighted by Gasteiger charge is -2.25. The third-order valence-electron chi connectivity index (χ3n) is 2.51. The van der Waals surface area contributed by atoms with E-state index in [4.69, 9.17) is 4.43 Å². The summed E-state index contributed by atoms with van der Waals surface area (Å²) in [5, 5.41) is 0. The number of rotatable bonds is 9. The smallest absolute Gasteiger partial charge is 0.210 e. The first kappa shape index (κ1) is 15.6. The lowest BCUT2D eigenvalue weighted by molar-refractivity contribution is 0.209. The van der Waals surface area contributed by atoms with Gasteiger partial charge in [-0.05, 0) is 19.5 Å². The summed E-state index contributed by atoms with van der Waals surface area (Å²) in [6.45, 7) is 10.5. The summed E-state index contributed by atoms with van der Waals surface area (Å²) in [6.07, 6.45) is 6.99. The first-order valence-corrected chi connectivity index (χ1v) is 10.4. The predicted octanol–water partition coefficient (Wildman–Crippen LogP) is 4.71. The quantitative estimate of drug-likeness (QED) is 0.256. The minimum Gasteiger partial charge on any atom is -0.410 e. The number of alkyl halides is 1. The highest BCUT2D eigenvalue weighted by Crippen LogP contribution is 2.16. The zero-order valence-electron chi connectivity index (χ0n) is 10.4. The van der Waals surface area contributed by atoms with E-state index in [-0.39, 0.29) is 0 Å². The van der Waals surface area contributed by atoms with Gasteiger partial charge in [-0.1, -0.05) is 60.9 Å². The minimum absolute atomic E-state index is 0.446. The van der Waals surface area contributed by atoms with Crippen LogP contribution in [-0.2, 0) is 4.43 Å². The van der Waals surface area contributed by atoms with Crippen LogP contribution >= 0.6 is 22.6 Å². The highest BCUT2D eigenvalue weighted by molar-refractivity contribution is 14.1. The fourth-order valence-electron chi connectivity index (χ4n) is 1.44. The molecule has 1 unspecified atom stereocenters. The molecule has 1 atom stereocenters. The lowest BCUT2D eigenvalue weighted by atomic mass is 10.1. The Hall–Kier alpha value is 0.647. The molecule has 0 aliphatic heterocycles. The molecular formula is C12H25IOSi. The molecule has 0 rings (SSSR count). The van der Waals surface area contributed by atoms with Gasteiger partial charge < -0.3 is 4.43 Å². The second kappa shape index (κ2) is 8.76. The molecule has 3 heteroatoms. The van der Waals surface area contributed by atoms with Crippen molar-refractivity contribution in [2.75, 3.05) is 4.43 Å². The Labute approximate surface area is 110 Å². The normalized spacial score (nSPS) is 13.9. The maximum Gasteiger partial charge on any atom is 0.210 e. The molecule has 0 spiro atoms. The van der Waals surface area contributed by atoms with Crippen LogP contribution in [0.3, 0.4) is 0 Å². The van der Waals surface area contributed by atoms with E-state index in [2.05, 4.69) is 49.2 Å². The van der Waals surface area contributed by atoms with Crippen molar-refractivity contribution in [3.05, 3.63) is 12.3 Å². The Morgan fingerprint density at radius 1 is 1.33 bits per heavy atom. The zero-order chi connectivity index (χ0) is 11.7. The molecule has 0 aromatic heterocycles. The van der Waals surface area contributed by atoms with Gasteiger partial charge in [-0.15, -0.1) is 6.58 Å². The maximum atomic E-state index is 6.13. The van der Waals surface area contributed by atoms with Crippen LogP contribution in [0.1, 0.15) is 39.0 Å². The van der Waals surface area contributed by atoms with Crippen molar-refractivity contribution in [1.29, 1.82) is 0 Å². The van der Waals surface area contributed by atoms with Gasteiger partial charge in [-0.2, -0.15) is 0 Å². The third kappa shape index (κ3) is 8.45. The van der Waals surface area contributed by atoms with E-state index in [1.54, 1.807) is 0 Å². The van der Waals surface area contributed by atoms with E-state index < -0.39 is 8.32 Å². The van der Waals surface area contributed by atoms with Crippen LogP contribution in [0.2, 0.25) is 13.1 Å². The van der Waals surface area contributed by atoms with Crippen LogP contribution in [0.4, 0.5) is 0 Å². The summed E-state index contributed by atoms with van der Waals surface area (Å²) in [5.74, 6) is 0. The molecule has 0 N–H and O–H groups in total. The van der Waals surface area contributed by atoms with Gasteiger partial charge in [0.2, 0.25) is 8.32 Å². The summed E-state index contributed by atoms with van der Waals surface area (Å²) in [7, 11) is -1.57. The molecule has 0 amide bonds. The Morgan fingerprint density at radius 3 is 2.47 bits per heavy atom. The Morgan fingerprint density at radius 2 is 2.00 bits per heavy atom. The summed E-state index contributed by atoms with van der Waals surface area (Å²) in [6, 6.07) is 0. The Kier molecular flexibility index (Phi) is 9.14. The monoisotopic (exact) mass is 340 g/mol. The first-order chi connectivity index (χ1) is 7.05. The van der Waals surface area contributed by atoms with Crippen molar-refractivity contribution in [2.24, 2.45) is 0 Å². The SMILES string of the molecule is C=C[Si](C)(C)OC(CI)CCCCCC. The van der Waals surface area contributed by atoms with Crippen molar-refractivity contribution in [2.45, 2.75) is 58.2 Å². The molecule has 0 aliphatic carbocycles. The molecule has 90 valence electrons. The van der Waals surface area contributed by atoms with Gasteiger partial charge in [0, 0.05) is 4.43 Å². The van der Waals surface area contributed by atoms with Gasteiger partial charge in [0.1, 0.15) is 0 Å². The van der Waals surface area contributed by atoms with Crippen LogP contribution in [0.15, 0.2) is 12.3 Å². The van der Waals surface area contributed by atoms with E-state index in [1.807, 2.05) is 5.70 Å². The standard InChI is InChI=1S/C12H25IOSi/c1-5-7-8-9-10-12(11-13)14-15(3,4)6-2/h6,12H,2,5,7-11H2,1,3-4H3. The van der Waals surface area contributed by atoms with Gasteiger partial charge in [0.05, 0.1) is 6.10 Å². The van der Waals surface area contributed by atoms with Crippen molar-refractivity contribution < 1.29 is 4.43 Å². The summed E-state index contributed by atoms with van der Waals surface area (Å²) >= 11 is 2.43. The van der Waals surface area contributed by atoms with Crippen molar-refractivity contribution in [3.8, 4) is 0 Å². The number of hydrogen-bond donors (Lipinski definition) is 0. The highest BCUT2D eigenvalue weighted by atomic mass is 127. The van der Waals surface area contributed by atoms with Gasteiger partial charge in [-0.3, -0.25) is 0 Å². The molecule has 0 aromatic carbocycles. The predicted molar refractivity (Wildman–Crippen MR) is 80.2 cm³/mol. The van der Waals surface area contributed by atoms with Crippen LogP contribution in [0.5, 0.6) is 0 Å². The van der Waals surface area contributed by atoms with Crippen LogP contribution in [-0.4, -0.2) is 18.8 Å². The van der Waals surface area contributed by atoms with Gasteiger partial charge in [0.25, 0.3) is 0 Å². The molecule has 0 saturated heterocycles. The fourth-order valence-corrected chi connectivity index (χ4v) is 3.56.